The fourth-order valence-corrected chi connectivity index (χ4v) is 4.20. The quantitative estimate of drug-likeness (QED) is 0.173. The summed E-state index contributed by atoms with van der Waals surface area (Å²) in [6.45, 7) is -0.348. The van der Waals surface area contributed by atoms with Crippen molar-refractivity contribution in [2.24, 2.45) is 0 Å². The van der Waals surface area contributed by atoms with E-state index in [1.54, 1.807) is 41.2 Å². The molecule has 2 aromatic heterocycles. The zero-order valence-electron chi connectivity index (χ0n) is 21.6. The van der Waals surface area contributed by atoms with Gasteiger partial charge >= 0.3 is 17.6 Å². The number of carboxylic acid groups (broad SMARTS) is 2. The average molecular weight is 560 g/mol. The third-order valence-electron chi connectivity index (χ3n) is 6.23. The highest BCUT2D eigenvalue weighted by atomic mass is 19.1. The lowest BCUT2D eigenvalue weighted by molar-refractivity contribution is -0.142. The van der Waals surface area contributed by atoms with Crippen LogP contribution < -0.4 is 11.2 Å². The number of hydrogen-bond acceptors (Lipinski definition) is 8. The van der Waals surface area contributed by atoms with Crippen LogP contribution in [0.2, 0.25) is 0 Å². The maximum Gasteiger partial charge on any atom is 0.334 e. The molecular weight excluding hydrogens is 529 g/mol. The normalized spacial score (nSPS) is 11.8. The minimum atomic E-state index is -1.87. The van der Waals surface area contributed by atoms with Gasteiger partial charge in [0, 0.05) is 25.6 Å². The Bertz CT molecular complexity index is 1460. The van der Waals surface area contributed by atoms with Gasteiger partial charge in [-0.05, 0) is 37.7 Å². The number of aliphatic carboxylic acids is 2. The molecule has 14 heteroatoms. The number of nitrogens with zero attached hydrogens (tertiary/aromatic N) is 5. The average Bonchev–Trinajstić information content (AvgIpc) is 3.37. The van der Waals surface area contributed by atoms with Crippen LogP contribution in [0.4, 0.5) is 4.39 Å². The maximum atomic E-state index is 13.3. The highest BCUT2D eigenvalue weighted by Crippen LogP contribution is 2.19. The van der Waals surface area contributed by atoms with Crippen molar-refractivity contribution in [1.29, 1.82) is 0 Å². The summed E-state index contributed by atoms with van der Waals surface area (Å²) < 4.78 is 14.9. The Hall–Kier alpha value is -4.62. The van der Waals surface area contributed by atoms with E-state index in [0.29, 0.717) is 41.6 Å². The van der Waals surface area contributed by atoms with Gasteiger partial charge < -0.3 is 15.3 Å². The zero-order valence-corrected chi connectivity index (χ0v) is 21.6. The van der Waals surface area contributed by atoms with Gasteiger partial charge in [0.25, 0.3) is 5.56 Å². The smallest absolute Gasteiger partial charge is 0.334 e. The molecule has 0 unspecified atom stereocenters. The number of carboxylic acids is 2. The number of aromatic nitrogens is 5. The van der Waals surface area contributed by atoms with Gasteiger partial charge in [0.15, 0.2) is 5.78 Å². The van der Waals surface area contributed by atoms with Gasteiger partial charge in [-0.25, -0.2) is 14.2 Å². The number of rotatable bonds is 16. The number of alkyl halides is 1. The molecule has 0 spiro atoms. The van der Waals surface area contributed by atoms with Crippen molar-refractivity contribution in [2.75, 3.05) is 6.67 Å². The Morgan fingerprint density at radius 3 is 2.38 bits per heavy atom. The number of Topliss-reactive ketones (excluding diaryl/α,β-unsaturated/α-hetero) is 1. The number of carbonyl (C=O) groups is 3. The first-order valence-corrected chi connectivity index (χ1v) is 12.7. The van der Waals surface area contributed by atoms with Crippen LogP contribution in [0.25, 0.3) is 0 Å². The molecule has 40 heavy (non-hydrogen) atoms. The van der Waals surface area contributed by atoms with E-state index in [1.807, 2.05) is 0 Å². The van der Waals surface area contributed by atoms with Crippen molar-refractivity contribution in [3.05, 3.63) is 74.2 Å². The lowest BCUT2D eigenvalue weighted by atomic mass is 10.1. The van der Waals surface area contributed by atoms with Crippen LogP contribution in [-0.4, -0.2) is 63.8 Å². The van der Waals surface area contributed by atoms with Gasteiger partial charge in [-0.1, -0.05) is 35.5 Å². The second-order valence-electron chi connectivity index (χ2n) is 9.16. The lowest BCUT2D eigenvalue weighted by Gasteiger charge is -2.19. The fraction of sp³-hybridized carbons (Fsp3) is 0.423. The van der Waals surface area contributed by atoms with Crippen LogP contribution in [0.15, 0.2) is 46.1 Å². The molecule has 0 aliphatic rings. The molecule has 3 aromatic rings. The van der Waals surface area contributed by atoms with Gasteiger partial charge in [-0.2, -0.15) is 0 Å². The van der Waals surface area contributed by atoms with E-state index in [1.165, 1.54) is 0 Å². The van der Waals surface area contributed by atoms with E-state index < -0.39 is 66.0 Å². The first-order chi connectivity index (χ1) is 19.1. The number of carbonyl (C=O) groups excluding carboxylic acids is 1. The summed E-state index contributed by atoms with van der Waals surface area (Å²) in [5, 5.41) is 37.5. The van der Waals surface area contributed by atoms with Crippen LogP contribution in [0.3, 0.4) is 0 Å². The molecule has 0 aliphatic heterocycles. The van der Waals surface area contributed by atoms with Crippen molar-refractivity contribution in [2.45, 2.75) is 64.1 Å². The van der Waals surface area contributed by atoms with Gasteiger partial charge in [0.1, 0.15) is 11.6 Å². The Morgan fingerprint density at radius 2 is 1.73 bits per heavy atom. The van der Waals surface area contributed by atoms with Crippen LogP contribution in [0.5, 0.6) is 5.88 Å². The van der Waals surface area contributed by atoms with Crippen molar-refractivity contribution < 1.29 is 34.1 Å². The molecule has 3 N–H and O–H groups in total. The van der Waals surface area contributed by atoms with Crippen molar-refractivity contribution in [1.82, 2.24) is 24.1 Å². The van der Waals surface area contributed by atoms with Gasteiger partial charge in [0.2, 0.25) is 5.88 Å². The molecule has 0 saturated heterocycles. The van der Waals surface area contributed by atoms with Gasteiger partial charge in [-0.3, -0.25) is 28.0 Å². The molecule has 214 valence electrons. The molecule has 1 aromatic carbocycles. The molecule has 0 aliphatic carbocycles. The molecule has 0 saturated carbocycles. The SMILES string of the molecule is O=C(O)CC[C@@H](C(=O)O)n1c(=O)c(C(=O)CCCCn2cc(CCCF)nn2)c(O)n(Cc2ccccc2)c1=O. The minimum Gasteiger partial charge on any atom is -0.494 e. The molecule has 0 radical (unpaired) electrons. The lowest BCUT2D eigenvalue weighted by Crippen LogP contribution is -2.46. The largest absolute Gasteiger partial charge is 0.494 e. The number of aromatic hydroxyl groups is 1. The van der Waals surface area contributed by atoms with Crippen molar-refractivity contribution >= 4 is 17.7 Å². The maximum absolute atomic E-state index is 13.3. The van der Waals surface area contributed by atoms with Crippen molar-refractivity contribution in [3.63, 3.8) is 0 Å². The number of unbranched alkanes of at least 4 members (excludes halogenated alkanes) is 1. The van der Waals surface area contributed by atoms with E-state index in [9.17, 15) is 38.6 Å². The van der Waals surface area contributed by atoms with Gasteiger partial charge in [-0.15, -0.1) is 5.10 Å². The Morgan fingerprint density at radius 1 is 1.00 bits per heavy atom. The summed E-state index contributed by atoms with van der Waals surface area (Å²) in [6.07, 6.45) is 1.71. The molecule has 0 bridgehead atoms. The summed E-state index contributed by atoms with van der Waals surface area (Å²) in [6, 6.07) is 6.46. The number of hydrogen-bond donors (Lipinski definition) is 3. The van der Waals surface area contributed by atoms with Crippen LogP contribution in [0.1, 0.15) is 66.2 Å². The number of halogens is 1. The number of ketones is 1. The second kappa shape index (κ2) is 14.0. The Balaban J connectivity index is 1.90. The molecule has 2 heterocycles. The highest BCUT2D eigenvalue weighted by Gasteiger charge is 2.31. The van der Waals surface area contributed by atoms with Crippen LogP contribution in [0, 0.1) is 0 Å². The summed E-state index contributed by atoms with van der Waals surface area (Å²) in [7, 11) is 0. The molecule has 1 atom stereocenters. The molecule has 0 amide bonds. The van der Waals surface area contributed by atoms with Crippen molar-refractivity contribution in [3.8, 4) is 5.88 Å². The first kappa shape index (κ1) is 29.9. The number of benzene rings is 1. The van der Waals surface area contributed by atoms with E-state index in [2.05, 4.69) is 10.3 Å². The monoisotopic (exact) mass is 559 g/mol. The van der Waals surface area contributed by atoms with Gasteiger partial charge in [0.05, 0.1) is 18.9 Å². The van der Waals surface area contributed by atoms with E-state index >= 15 is 0 Å². The zero-order chi connectivity index (χ0) is 29.2. The molecule has 3 rings (SSSR count). The van der Waals surface area contributed by atoms with Crippen LogP contribution in [-0.2, 0) is 29.1 Å². The second-order valence-corrected chi connectivity index (χ2v) is 9.16. The Kier molecular flexibility index (Phi) is 10.4. The minimum absolute atomic E-state index is 0.206. The summed E-state index contributed by atoms with van der Waals surface area (Å²) in [5.74, 6) is -4.66. The third kappa shape index (κ3) is 7.48. The Labute approximate surface area is 227 Å². The van der Waals surface area contributed by atoms with E-state index in [-0.39, 0.29) is 19.4 Å². The standard InChI is InChI=1S/C26H30FN5O8/c27-13-6-9-18-16-30(29-28-18)14-5-4-10-20(33)22-23(36)31(15-17-7-2-1-3-8-17)26(40)32(24(22)37)19(25(38)39)11-12-21(34)35/h1-3,7-8,16,19,36H,4-6,9-15H2,(H,34,35)(H,38,39)/t19-/m0/s1. The fourth-order valence-electron chi connectivity index (χ4n) is 4.20. The predicted molar refractivity (Wildman–Crippen MR) is 138 cm³/mol. The van der Waals surface area contributed by atoms with Crippen LogP contribution >= 0.6 is 0 Å². The molecule has 13 nitrogen and oxygen atoms in total. The predicted octanol–water partition coefficient (Wildman–Crippen LogP) is 1.80. The molecular formula is C26H30FN5O8. The summed E-state index contributed by atoms with van der Waals surface area (Å²) >= 11 is 0. The third-order valence-corrected chi connectivity index (χ3v) is 6.23. The number of aryl methyl sites for hydroxylation is 2. The topological polar surface area (TPSA) is 187 Å². The summed E-state index contributed by atoms with van der Waals surface area (Å²) in [5.41, 5.74) is -2.07. The van der Waals surface area contributed by atoms with E-state index in [4.69, 9.17) is 5.11 Å². The summed E-state index contributed by atoms with van der Waals surface area (Å²) in [4.78, 5) is 62.8. The highest BCUT2D eigenvalue weighted by molar-refractivity contribution is 5.97. The van der Waals surface area contributed by atoms with E-state index in [0.717, 1.165) is 4.57 Å². The molecule has 0 fully saturated rings. The first-order valence-electron chi connectivity index (χ1n) is 12.7.